The van der Waals surface area contributed by atoms with Gasteiger partial charge in [0.2, 0.25) is 0 Å². The van der Waals surface area contributed by atoms with Crippen molar-refractivity contribution in [2.75, 3.05) is 24.5 Å². The average Bonchev–Trinajstić information content (AvgIpc) is 3.70. The number of H-pyrrole nitrogens is 1. The lowest BCUT2D eigenvalue weighted by Gasteiger charge is -2.39. The van der Waals surface area contributed by atoms with Crippen molar-refractivity contribution in [1.29, 1.82) is 0 Å². The molecule has 4 aromatic heterocycles. The van der Waals surface area contributed by atoms with E-state index in [4.69, 9.17) is 0 Å². The number of benzene rings is 1. The van der Waals surface area contributed by atoms with E-state index in [0.717, 1.165) is 11.9 Å². The topological polar surface area (TPSA) is 144 Å². The van der Waals surface area contributed by atoms with Crippen molar-refractivity contribution in [2.24, 2.45) is 0 Å². The number of aromatic amines is 1. The Labute approximate surface area is 208 Å². The number of hydrogen-bond acceptors (Lipinski definition) is 9. The number of Topliss-reactive ketones (excluding diaryl/α,β-unsaturated/α-hetero) is 1. The third-order valence-electron chi connectivity index (χ3n) is 6.34. The number of aromatic nitrogens is 9. The molecule has 1 fully saturated rings. The van der Waals surface area contributed by atoms with E-state index < -0.39 is 17.5 Å². The van der Waals surface area contributed by atoms with Gasteiger partial charge in [-0.3, -0.25) is 9.59 Å². The molecule has 1 aliphatic heterocycles. The van der Waals surface area contributed by atoms with Crippen molar-refractivity contribution in [3.05, 3.63) is 66.8 Å². The van der Waals surface area contributed by atoms with Gasteiger partial charge in [-0.15, -0.1) is 0 Å². The number of pyridine rings is 1. The van der Waals surface area contributed by atoms with Gasteiger partial charge in [-0.1, -0.05) is 23.3 Å². The molecule has 6 rings (SSSR count). The second-order valence-corrected chi connectivity index (χ2v) is 8.57. The zero-order valence-electron chi connectivity index (χ0n) is 19.6. The minimum Gasteiger partial charge on any atom is -0.357 e. The molecule has 37 heavy (non-hydrogen) atoms. The van der Waals surface area contributed by atoms with Crippen molar-refractivity contribution in [3.8, 4) is 11.5 Å². The third-order valence-corrected chi connectivity index (χ3v) is 6.34. The van der Waals surface area contributed by atoms with Crippen molar-refractivity contribution in [1.82, 2.24) is 49.8 Å². The van der Waals surface area contributed by atoms with E-state index in [1.807, 2.05) is 42.2 Å². The monoisotopic (exact) mass is 501 g/mol. The Balaban J connectivity index is 1.23. The molecule has 0 aliphatic carbocycles. The van der Waals surface area contributed by atoms with Crippen LogP contribution < -0.4 is 4.90 Å². The van der Waals surface area contributed by atoms with Crippen LogP contribution in [0.5, 0.6) is 0 Å². The van der Waals surface area contributed by atoms with Crippen LogP contribution in [0.3, 0.4) is 0 Å². The average molecular weight is 501 g/mol. The standard InChI is InChI=1S/C23H20FN11O2/c1-14-11-32(7-8-33(14)23-29-30-31-35(23)15-5-3-2-4-6-15)22(37)20(36)16-9-26-19-18(16)17(24)10-27-21(19)34-13-25-12-28-34/h2-6,9-10,12-14,26H,7-8,11H2,1H3/t14-/m1/s1. The van der Waals surface area contributed by atoms with Gasteiger partial charge in [-0.25, -0.2) is 19.0 Å². The first-order valence-corrected chi connectivity index (χ1v) is 11.5. The van der Waals surface area contributed by atoms with Crippen LogP contribution in [-0.2, 0) is 4.79 Å². The lowest BCUT2D eigenvalue weighted by molar-refractivity contribution is -0.127. The molecule has 1 aliphatic rings. The maximum absolute atomic E-state index is 14.8. The Morgan fingerprint density at radius 2 is 2.00 bits per heavy atom. The van der Waals surface area contributed by atoms with E-state index in [1.54, 1.807) is 4.68 Å². The predicted molar refractivity (Wildman–Crippen MR) is 128 cm³/mol. The van der Waals surface area contributed by atoms with Gasteiger partial charge >= 0.3 is 0 Å². The zero-order valence-corrected chi connectivity index (χ0v) is 19.6. The molecule has 1 amide bonds. The quantitative estimate of drug-likeness (QED) is 0.277. The van der Waals surface area contributed by atoms with Crippen molar-refractivity contribution in [3.63, 3.8) is 0 Å². The zero-order chi connectivity index (χ0) is 25.5. The number of amides is 1. The number of para-hydroxylation sites is 1. The third kappa shape index (κ3) is 3.78. The highest BCUT2D eigenvalue weighted by atomic mass is 19.1. The van der Waals surface area contributed by atoms with E-state index in [-0.39, 0.29) is 41.4 Å². The molecular weight excluding hydrogens is 481 g/mol. The molecule has 186 valence electrons. The lowest BCUT2D eigenvalue weighted by Crippen LogP contribution is -2.55. The molecule has 0 spiro atoms. The van der Waals surface area contributed by atoms with Gasteiger partial charge in [0.25, 0.3) is 17.6 Å². The number of anilines is 1. The van der Waals surface area contributed by atoms with E-state index >= 15 is 0 Å². The summed E-state index contributed by atoms with van der Waals surface area (Å²) in [6.07, 6.45) is 5.03. The Morgan fingerprint density at radius 3 is 2.76 bits per heavy atom. The molecule has 0 radical (unpaired) electrons. The number of carbonyl (C=O) groups excluding carboxylic acids is 2. The van der Waals surface area contributed by atoms with Crippen molar-refractivity contribution < 1.29 is 14.0 Å². The molecule has 5 heterocycles. The number of nitrogens with one attached hydrogen (secondary N) is 1. The second-order valence-electron chi connectivity index (χ2n) is 8.57. The van der Waals surface area contributed by atoms with Crippen molar-refractivity contribution in [2.45, 2.75) is 13.0 Å². The molecule has 0 bridgehead atoms. The van der Waals surface area contributed by atoms with E-state index in [9.17, 15) is 14.0 Å². The predicted octanol–water partition coefficient (Wildman–Crippen LogP) is 1.18. The SMILES string of the molecule is C[C@@H]1CN(C(=O)C(=O)c2c[nH]c3c(-n4cncn4)ncc(F)c23)CCN1c1nnnn1-c1ccccc1. The van der Waals surface area contributed by atoms with Crippen LogP contribution in [0.2, 0.25) is 0 Å². The second kappa shape index (κ2) is 8.89. The summed E-state index contributed by atoms with van der Waals surface area (Å²) in [5.41, 5.74) is 0.987. The maximum atomic E-state index is 14.8. The highest BCUT2D eigenvalue weighted by Crippen LogP contribution is 2.27. The Kier molecular flexibility index (Phi) is 5.40. The number of rotatable bonds is 5. The number of ketones is 1. The molecule has 13 nitrogen and oxygen atoms in total. The fourth-order valence-electron chi connectivity index (χ4n) is 4.56. The number of tetrazole rings is 1. The largest absolute Gasteiger partial charge is 0.357 e. The summed E-state index contributed by atoms with van der Waals surface area (Å²) in [5.74, 6) is -1.44. The first kappa shape index (κ1) is 22.5. The summed E-state index contributed by atoms with van der Waals surface area (Å²) in [7, 11) is 0. The van der Waals surface area contributed by atoms with Gasteiger partial charge in [0.05, 0.1) is 28.4 Å². The van der Waals surface area contributed by atoms with Crippen LogP contribution in [0, 0.1) is 5.82 Å². The highest BCUT2D eigenvalue weighted by molar-refractivity contribution is 6.45. The smallest absolute Gasteiger partial charge is 0.295 e. The minimum atomic E-state index is -0.810. The number of fused-ring (bicyclic) bond motifs is 1. The summed E-state index contributed by atoms with van der Waals surface area (Å²) in [5, 5.41) is 16.1. The molecule has 1 N–H and O–H groups in total. The molecule has 1 saturated heterocycles. The summed E-state index contributed by atoms with van der Waals surface area (Å²) in [4.78, 5) is 40.7. The van der Waals surface area contributed by atoms with Gasteiger partial charge in [0.1, 0.15) is 12.7 Å². The molecule has 5 aromatic rings. The van der Waals surface area contributed by atoms with E-state index in [0.29, 0.717) is 12.5 Å². The molecule has 14 heteroatoms. The summed E-state index contributed by atoms with van der Waals surface area (Å²) >= 11 is 0. The van der Waals surface area contributed by atoms with Gasteiger partial charge in [0.15, 0.2) is 11.6 Å². The van der Waals surface area contributed by atoms with Gasteiger partial charge in [0, 0.05) is 31.9 Å². The van der Waals surface area contributed by atoms with E-state index in [1.165, 1.54) is 28.4 Å². The van der Waals surface area contributed by atoms with Crippen LogP contribution in [0.4, 0.5) is 10.3 Å². The fraction of sp³-hybridized carbons (Fsp3) is 0.217. The summed E-state index contributed by atoms with van der Waals surface area (Å²) in [6.45, 7) is 2.88. The minimum absolute atomic E-state index is 0.0208. The van der Waals surface area contributed by atoms with Gasteiger partial charge in [-0.05, 0) is 29.5 Å². The number of nitrogens with zero attached hydrogens (tertiary/aromatic N) is 10. The Bertz CT molecular complexity index is 1600. The van der Waals surface area contributed by atoms with Crippen molar-refractivity contribution >= 4 is 28.5 Å². The lowest BCUT2D eigenvalue weighted by atomic mass is 10.1. The number of carbonyl (C=O) groups is 2. The number of piperazine rings is 1. The molecule has 1 aromatic carbocycles. The summed E-state index contributed by atoms with van der Waals surface area (Å²) in [6, 6.07) is 9.31. The maximum Gasteiger partial charge on any atom is 0.295 e. The number of halogens is 1. The molecule has 0 saturated carbocycles. The van der Waals surface area contributed by atoms with Gasteiger partial charge < -0.3 is 14.8 Å². The van der Waals surface area contributed by atoms with E-state index in [2.05, 4.69) is 35.6 Å². The first-order chi connectivity index (χ1) is 18.0. The first-order valence-electron chi connectivity index (χ1n) is 11.5. The van der Waals surface area contributed by atoms with Crippen LogP contribution >= 0.6 is 0 Å². The molecule has 0 unspecified atom stereocenters. The van der Waals surface area contributed by atoms with Crippen LogP contribution in [-0.4, -0.2) is 87.2 Å². The fourth-order valence-corrected chi connectivity index (χ4v) is 4.56. The van der Waals surface area contributed by atoms with Crippen LogP contribution in [0.25, 0.3) is 22.4 Å². The normalized spacial score (nSPS) is 15.9. The van der Waals surface area contributed by atoms with Crippen LogP contribution in [0.1, 0.15) is 17.3 Å². The molecular formula is C23H20FN11O2. The summed E-state index contributed by atoms with van der Waals surface area (Å²) < 4.78 is 17.8. The highest BCUT2D eigenvalue weighted by Gasteiger charge is 2.34. The molecule has 1 atom stereocenters. The Morgan fingerprint density at radius 1 is 1.16 bits per heavy atom. The van der Waals surface area contributed by atoms with Gasteiger partial charge in [-0.2, -0.15) is 9.78 Å². The number of hydrogen-bond donors (Lipinski definition) is 1. The Hall–Kier alpha value is -5.01. The van der Waals surface area contributed by atoms with Crippen LogP contribution in [0.15, 0.2) is 55.4 Å².